The van der Waals surface area contributed by atoms with Crippen molar-refractivity contribution in [3.8, 4) is 5.75 Å². The van der Waals surface area contributed by atoms with Gasteiger partial charge in [0.05, 0.1) is 29.5 Å². The van der Waals surface area contributed by atoms with Gasteiger partial charge in [-0.2, -0.15) is 0 Å². The van der Waals surface area contributed by atoms with E-state index in [0.717, 1.165) is 5.56 Å². The van der Waals surface area contributed by atoms with E-state index in [0.29, 0.717) is 55.4 Å². The molecular weight excluding hydrogens is 455 g/mol. The Balaban J connectivity index is 1.52. The second-order valence-corrected chi connectivity index (χ2v) is 9.09. The van der Waals surface area contributed by atoms with Gasteiger partial charge < -0.3 is 14.6 Å². The first-order valence-corrected chi connectivity index (χ1v) is 12.1. The van der Waals surface area contributed by atoms with Gasteiger partial charge in [-0.1, -0.05) is 48.5 Å². The number of nitrogens with zero attached hydrogens (tertiary/aromatic N) is 4. The predicted molar refractivity (Wildman–Crippen MR) is 139 cm³/mol. The topological polar surface area (TPSA) is 61.6 Å². The first-order valence-electron chi connectivity index (χ1n) is 12.1. The number of aromatic nitrogens is 2. The largest absolute Gasteiger partial charge is 0.507 e. The van der Waals surface area contributed by atoms with E-state index < -0.39 is 6.04 Å². The molecule has 1 aliphatic heterocycles. The molecule has 1 saturated heterocycles. The van der Waals surface area contributed by atoms with Gasteiger partial charge in [-0.25, -0.2) is 4.39 Å². The lowest BCUT2D eigenvalue weighted by Gasteiger charge is -2.40. The molecule has 0 bridgehead atoms. The smallest absolute Gasteiger partial charge is 0.260 e. The minimum Gasteiger partial charge on any atom is -0.507 e. The van der Waals surface area contributed by atoms with E-state index in [1.807, 2.05) is 66.4 Å². The first kappa shape index (κ1) is 23.8. The second-order valence-electron chi connectivity index (χ2n) is 9.09. The Labute approximate surface area is 209 Å². The zero-order valence-electron chi connectivity index (χ0n) is 20.2. The molecule has 2 aromatic heterocycles. The molecule has 2 aromatic carbocycles. The molecule has 0 amide bonds. The van der Waals surface area contributed by atoms with Crippen LogP contribution in [0, 0.1) is 12.7 Å². The van der Waals surface area contributed by atoms with Gasteiger partial charge in [0.15, 0.2) is 0 Å². The number of halogens is 1. The predicted octanol–water partition coefficient (Wildman–Crippen LogP) is 4.36. The van der Waals surface area contributed by atoms with Crippen molar-refractivity contribution in [3.05, 3.63) is 124 Å². The average molecular weight is 485 g/mol. The Morgan fingerprint density at radius 2 is 1.64 bits per heavy atom. The molecule has 184 valence electrons. The lowest BCUT2D eigenvalue weighted by atomic mass is 9.99. The molecule has 4 aromatic rings. The maximum absolute atomic E-state index is 14.4. The number of piperazine rings is 1. The van der Waals surface area contributed by atoms with Crippen LogP contribution in [0.5, 0.6) is 5.75 Å². The van der Waals surface area contributed by atoms with Crippen molar-refractivity contribution >= 4 is 5.69 Å². The van der Waals surface area contributed by atoms with E-state index in [-0.39, 0.29) is 17.1 Å². The maximum atomic E-state index is 14.4. The third kappa shape index (κ3) is 4.75. The van der Waals surface area contributed by atoms with Gasteiger partial charge in [-0.05, 0) is 42.8 Å². The summed E-state index contributed by atoms with van der Waals surface area (Å²) >= 11 is 0. The number of aromatic hydroxyl groups is 1. The van der Waals surface area contributed by atoms with Crippen LogP contribution in [0.1, 0.15) is 28.6 Å². The van der Waals surface area contributed by atoms with Crippen LogP contribution in [0.15, 0.2) is 89.9 Å². The molecule has 6 nitrogen and oxygen atoms in total. The summed E-state index contributed by atoms with van der Waals surface area (Å²) in [4.78, 5) is 22.6. The van der Waals surface area contributed by atoms with Crippen molar-refractivity contribution in [2.24, 2.45) is 0 Å². The van der Waals surface area contributed by atoms with Gasteiger partial charge in [0.2, 0.25) is 0 Å². The molecule has 1 fully saturated rings. The summed E-state index contributed by atoms with van der Waals surface area (Å²) in [6.07, 6.45) is 1.70. The zero-order valence-corrected chi connectivity index (χ0v) is 20.2. The Kier molecular flexibility index (Phi) is 6.82. The Morgan fingerprint density at radius 1 is 0.944 bits per heavy atom. The Hall–Kier alpha value is -3.97. The van der Waals surface area contributed by atoms with Crippen LogP contribution in [-0.2, 0) is 6.54 Å². The number of rotatable bonds is 6. The average Bonchev–Trinajstić information content (AvgIpc) is 2.90. The maximum Gasteiger partial charge on any atom is 0.260 e. The summed E-state index contributed by atoms with van der Waals surface area (Å²) in [6.45, 7) is 4.60. The van der Waals surface area contributed by atoms with E-state index in [1.165, 1.54) is 6.07 Å². The fraction of sp³-hybridized carbons (Fsp3) is 0.241. The monoisotopic (exact) mass is 484 g/mol. The number of pyridine rings is 2. The molecule has 3 heterocycles. The molecular formula is C29H29FN4O2. The van der Waals surface area contributed by atoms with Gasteiger partial charge in [0.25, 0.3) is 5.56 Å². The van der Waals surface area contributed by atoms with Crippen molar-refractivity contribution in [3.63, 3.8) is 0 Å². The van der Waals surface area contributed by atoms with Crippen LogP contribution >= 0.6 is 0 Å². The minimum absolute atomic E-state index is 0.0333. The highest BCUT2D eigenvalue weighted by Gasteiger charge is 2.32. The Bertz CT molecular complexity index is 1380. The summed E-state index contributed by atoms with van der Waals surface area (Å²) in [5.74, 6) is -0.277. The van der Waals surface area contributed by atoms with Crippen molar-refractivity contribution in [1.82, 2.24) is 14.5 Å². The number of hydrogen-bond donors (Lipinski definition) is 1. The van der Waals surface area contributed by atoms with Gasteiger partial charge in [-0.15, -0.1) is 0 Å². The highest BCUT2D eigenvalue weighted by atomic mass is 19.1. The fourth-order valence-electron chi connectivity index (χ4n) is 4.97. The summed E-state index contributed by atoms with van der Waals surface area (Å²) in [6, 6.07) is 23.3. The molecule has 1 unspecified atom stereocenters. The normalized spacial score (nSPS) is 15.1. The SMILES string of the molecule is Cc1cc(O)c(C(c2ccccn2)N2CCN(c3ccccc3F)CC2)c(=O)n1Cc1ccccc1. The van der Waals surface area contributed by atoms with Crippen molar-refractivity contribution in [2.45, 2.75) is 19.5 Å². The number of benzene rings is 2. The van der Waals surface area contributed by atoms with Crippen LogP contribution in [0.3, 0.4) is 0 Å². The quantitative estimate of drug-likeness (QED) is 0.441. The van der Waals surface area contributed by atoms with Crippen molar-refractivity contribution in [1.29, 1.82) is 0 Å². The van der Waals surface area contributed by atoms with E-state index in [9.17, 15) is 14.3 Å². The van der Waals surface area contributed by atoms with Crippen molar-refractivity contribution in [2.75, 3.05) is 31.1 Å². The molecule has 7 heteroatoms. The third-order valence-electron chi connectivity index (χ3n) is 6.82. The molecule has 1 atom stereocenters. The molecule has 0 radical (unpaired) electrons. The third-order valence-corrected chi connectivity index (χ3v) is 6.82. The fourth-order valence-corrected chi connectivity index (χ4v) is 4.97. The summed E-state index contributed by atoms with van der Waals surface area (Å²) in [7, 11) is 0. The summed E-state index contributed by atoms with van der Waals surface area (Å²) in [5, 5.41) is 11.1. The summed E-state index contributed by atoms with van der Waals surface area (Å²) in [5.41, 5.74) is 3.05. The highest BCUT2D eigenvalue weighted by molar-refractivity contribution is 5.48. The van der Waals surface area contributed by atoms with E-state index in [4.69, 9.17) is 0 Å². The number of para-hydroxylation sites is 1. The van der Waals surface area contributed by atoms with Gasteiger partial charge in [0.1, 0.15) is 11.6 Å². The van der Waals surface area contributed by atoms with E-state index in [2.05, 4.69) is 9.88 Å². The summed E-state index contributed by atoms with van der Waals surface area (Å²) < 4.78 is 16.1. The lowest BCUT2D eigenvalue weighted by Crippen LogP contribution is -2.49. The van der Waals surface area contributed by atoms with Crippen LogP contribution in [0.2, 0.25) is 0 Å². The number of hydrogen-bond acceptors (Lipinski definition) is 5. The molecule has 1 aliphatic rings. The standard InChI is InChI=1S/C29H29FN4O2/c1-21-19-26(35)27(29(36)34(21)20-22-9-3-2-4-10-22)28(24-12-7-8-14-31-24)33-17-15-32(16-18-33)25-13-6-5-11-23(25)30/h2-14,19,28,35H,15-18,20H2,1H3. The van der Waals surface area contributed by atoms with Gasteiger partial charge in [-0.3, -0.25) is 14.7 Å². The molecule has 36 heavy (non-hydrogen) atoms. The molecule has 5 rings (SSSR count). The van der Waals surface area contributed by atoms with E-state index >= 15 is 0 Å². The Morgan fingerprint density at radius 3 is 2.33 bits per heavy atom. The van der Waals surface area contributed by atoms with Crippen molar-refractivity contribution < 1.29 is 9.50 Å². The first-order chi connectivity index (χ1) is 17.5. The molecule has 0 spiro atoms. The lowest BCUT2D eigenvalue weighted by molar-refractivity contribution is 0.204. The van der Waals surface area contributed by atoms with Crippen LogP contribution < -0.4 is 10.5 Å². The number of aryl methyl sites for hydroxylation is 1. The molecule has 0 aliphatic carbocycles. The minimum atomic E-state index is -0.524. The van der Waals surface area contributed by atoms with Gasteiger partial charge in [0, 0.05) is 38.1 Å². The second kappa shape index (κ2) is 10.3. The number of anilines is 1. The highest BCUT2D eigenvalue weighted by Crippen LogP contribution is 2.33. The van der Waals surface area contributed by atoms with Crippen LogP contribution in [0.25, 0.3) is 0 Å². The zero-order chi connectivity index (χ0) is 25.1. The van der Waals surface area contributed by atoms with Crippen LogP contribution in [0.4, 0.5) is 10.1 Å². The van der Waals surface area contributed by atoms with Gasteiger partial charge >= 0.3 is 0 Å². The molecule has 1 N–H and O–H groups in total. The van der Waals surface area contributed by atoms with E-state index in [1.54, 1.807) is 29.0 Å². The molecule has 0 saturated carbocycles. The van der Waals surface area contributed by atoms with Crippen LogP contribution in [-0.4, -0.2) is 45.7 Å².